The number of hydrogen-bond donors (Lipinski definition) is 1. The first-order valence-electron chi connectivity index (χ1n) is 7.65. The third-order valence-electron chi connectivity index (χ3n) is 4.56. The SMILES string of the molecule is N#CCS(=O)(=O)N1CC[C@@H](c2cc[nH]c3cnc4nccc4c23)C1. The summed E-state index contributed by atoms with van der Waals surface area (Å²) in [5, 5.41) is 10.7. The van der Waals surface area contributed by atoms with E-state index in [1.54, 1.807) is 18.5 Å². The number of pyridine rings is 2. The van der Waals surface area contributed by atoms with Crippen LogP contribution in [0.15, 0.2) is 30.7 Å². The lowest BCUT2D eigenvalue weighted by Gasteiger charge is -2.16. The third kappa shape index (κ3) is 2.33. The van der Waals surface area contributed by atoms with Gasteiger partial charge in [0, 0.05) is 36.3 Å². The summed E-state index contributed by atoms with van der Waals surface area (Å²) in [5.41, 5.74) is 2.69. The fourth-order valence-corrected chi connectivity index (χ4v) is 4.57. The van der Waals surface area contributed by atoms with Crippen molar-refractivity contribution >= 4 is 32.0 Å². The van der Waals surface area contributed by atoms with Gasteiger partial charge >= 0.3 is 0 Å². The molecule has 8 heteroatoms. The quantitative estimate of drug-likeness (QED) is 0.782. The molecule has 122 valence electrons. The first-order valence-corrected chi connectivity index (χ1v) is 9.26. The van der Waals surface area contributed by atoms with Gasteiger partial charge in [-0.1, -0.05) is 0 Å². The Morgan fingerprint density at radius 1 is 1.38 bits per heavy atom. The Labute approximate surface area is 139 Å². The lowest BCUT2D eigenvalue weighted by molar-refractivity contribution is 0.476. The molecule has 1 N–H and O–H groups in total. The maximum atomic E-state index is 12.1. The maximum Gasteiger partial charge on any atom is 0.227 e. The van der Waals surface area contributed by atoms with Crippen LogP contribution in [0.3, 0.4) is 0 Å². The van der Waals surface area contributed by atoms with Gasteiger partial charge in [0.25, 0.3) is 0 Å². The van der Waals surface area contributed by atoms with Crippen LogP contribution in [0.1, 0.15) is 17.9 Å². The van der Waals surface area contributed by atoms with E-state index in [1.165, 1.54) is 4.31 Å². The first kappa shape index (κ1) is 15.1. The van der Waals surface area contributed by atoms with Gasteiger partial charge in [-0.2, -0.15) is 5.26 Å². The summed E-state index contributed by atoms with van der Waals surface area (Å²) in [5.74, 6) is -0.375. The molecule has 4 rings (SSSR count). The smallest absolute Gasteiger partial charge is 0.227 e. The molecule has 0 radical (unpaired) electrons. The molecular formula is C16H15N5O2S. The van der Waals surface area contributed by atoms with E-state index < -0.39 is 15.8 Å². The van der Waals surface area contributed by atoms with Gasteiger partial charge in [0.1, 0.15) is 0 Å². The molecular weight excluding hydrogens is 326 g/mol. The van der Waals surface area contributed by atoms with E-state index in [4.69, 9.17) is 5.26 Å². The molecule has 1 aliphatic rings. The van der Waals surface area contributed by atoms with Gasteiger partial charge in [0.15, 0.2) is 11.4 Å². The Bertz CT molecular complexity index is 1070. The zero-order valence-corrected chi connectivity index (χ0v) is 13.6. The van der Waals surface area contributed by atoms with Gasteiger partial charge in [0.2, 0.25) is 10.0 Å². The fraction of sp³-hybridized carbons (Fsp3) is 0.312. The van der Waals surface area contributed by atoms with E-state index in [9.17, 15) is 8.42 Å². The van der Waals surface area contributed by atoms with Crippen molar-refractivity contribution in [1.29, 1.82) is 5.26 Å². The zero-order chi connectivity index (χ0) is 16.7. The van der Waals surface area contributed by atoms with Crippen LogP contribution in [0.25, 0.3) is 21.9 Å². The Kier molecular flexibility index (Phi) is 3.48. The molecule has 0 aromatic carbocycles. The molecule has 7 nitrogen and oxygen atoms in total. The van der Waals surface area contributed by atoms with Crippen molar-refractivity contribution in [2.45, 2.75) is 12.3 Å². The minimum atomic E-state index is -3.50. The predicted molar refractivity (Wildman–Crippen MR) is 89.7 cm³/mol. The first-order chi connectivity index (χ1) is 11.6. The number of H-pyrrole nitrogens is 1. The third-order valence-corrected chi connectivity index (χ3v) is 6.17. The second kappa shape index (κ2) is 5.54. The molecule has 0 bridgehead atoms. The van der Waals surface area contributed by atoms with Crippen molar-refractivity contribution in [2.75, 3.05) is 18.8 Å². The molecule has 24 heavy (non-hydrogen) atoms. The van der Waals surface area contributed by atoms with Crippen LogP contribution in [-0.2, 0) is 10.0 Å². The molecule has 3 aromatic heterocycles. The standard InChI is InChI=1S/C16H15N5O2S/c17-4-8-24(22,23)21-7-3-11(10-21)12-1-5-18-14-9-20-16-13(15(12)14)2-6-19-16/h1-2,5-6,9,11,18H,3,7-8,10H2/t11-/m1/s1. The van der Waals surface area contributed by atoms with Gasteiger partial charge in [-0.15, -0.1) is 0 Å². The summed E-state index contributed by atoms with van der Waals surface area (Å²) in [4.78, 5) is 11.8. The van der Waals surface area contributed by atoms with E-state index in [0.717, 1.165) is 28.3 Å². The average Bonchev–Trinajstić information content (AvgIpc) is 3.23. The molecule has 0 unspecified atom stereocenters. The summed E-state index contributed by atoms with van der Waals surface area (Å²) >= 11 is 0. The molecule has 3 aromatic rings. The van der Waals surface area contributed by atoms with Gasteiger partial charge in [-0.05, 0) is 30.0 Å². The van der Waals surface area contributed by atoms with Crippen LogP contribution in [0.5, 0.6) is 0 Å². The summed E-state index contributed by atoms with van der Waals surface area (Å²) in [6.07, 6.45) is 6.08. The van der Waals surface area contributed by atoms with Gasteiger partial charge in [-0.3, -0.25) is 0 Å². The number of aromatic nitrogens is 3. The Morgan fingerprint density at radius 3 is 3.08 bits per heavy atom. The van der Waals surface area contributed by atoms with E-state index >= 15 is 0 Å². The monoisotopic (exact) mass is 341 g/mol. The number of hydrogen-bond acceptors (Lipinski definition) is 5. The molecule has 1 fully saturated rings. The summed E-state index contributed by atoms with van der Waals surface area (Å²) in [6, 6.07) is 5.67. The summed E-state index contributed by atoms with van der Waals surface area (Å²) in [7, 11) is -3.50. The summed E-state index contributed by atoms with van der Waals surface area (Å²) < 4.78 is 25.7. The predicted octanol–water partition coefficient (Wildman–Crippen LogP) is 1.75. The number of aromatic amines is 1. The van der Waals surface area contributed by atoms with Crippen LogP contribution in [0.4, 0.5) is 0 Å². The van der Waals surface area contributed by atoms with Gasteiger partial charge in [-0.25, -0.2) is 22.7 Å². The second-order valence-electron chi connectivity index (χ2n) is 5.92. The average molecular weight is 341 g/mol. The topological polar surface area (TPSA) is 103 Å². The molecule has 4 heterocycles. The van der Waals surface area contributed by atoms with Crippen molar-refractivity contribution in [3.63, 3.8) is 0 Å². The Balaban J connectivity index is 1.78. The normalized spacial score (nSPS) is 19.0. The van der Waals surface area contributed by atoms with Crippen LogP contribution in [0, 0.1) is 11.3 Å². The van der Waals surface area contributed by atoms with Crippen molar-refractivity contribution in [2.24, 2.45) is 0 Å². The highest BCUT2D eigenvalue weighted by atomic mass is 32.2. The maximum absolute atomic E-state index is 12.1. The number of nitrogens with one attached hydrogen (secondary N) is 1. The Hall–Kier alpha value is -2.50. The molecule has 1 aliphatic heterocycles. The molecule has 0 aliphatic carbocycles. The van der Waals surface area contributed by atoms with Crippen LogP contribution < -0.4 is 0 Å². The van der Waals surface area contributed by atoms with Gasteiger partial charge in [0.05, 0.1) is 17.8 Å². The fourth-order valence-electron chi connectivity index (χ4n) is 3.43. The lowest BCUT2D eigenvalue weighted by atomic mass is 9.94. The number of nitriles is 1. The highest BCUT2D eigenvalue weighted by Crippen LogP contribution is 2.35. The minimum absolute atomic E-state index is 0.0936. The summed E-state index contributed by atoms with van der Waals surface area (Å²) in [6.45, 7) is 0.851. The van der Waals surface area contributed by atoms with Crippen molar-refractivity contribution in [1.82, 2.24) is 19.3 Å². The molecule has 1 saturated heterocycles. The van der Waals surface area contributed by atoms with Crippen molar-refractivity contribution < 1.29 is 8.42 Å². The highest BCUT2D eigenvalue weighted by Gasteiger charge is 2.32. The van der Waals surface area contributed by atoms with E-state index in [2.05, 4.69) is 15.0 Å². The number of nitrogens with zero attached hydrogens (tertiary/aromatic N) is 4. The number of sulfonamides is 1. The van der Waals surface area contributed by atoms with Gasteiger partial charge < -0.3 is 4.98 Å². The molecule has 0 amide bonds. The number of fused-ring (bicyclic) bond motifs is 3. The van der Waals surface area contributed by atoms with Crippen LogP contribution in [0.2, 0.25) is 0 Å². The van der Waals surface area contributed by atoms with E-state index in [-0.39, 0.29) is 5.92 Å². The van der Waals surface area contributed by atoms with E-state index in [0.29, 0.717) is 18.7 Å². The second-order valence-corrected chi connectivity index (χ2v) is 7.89. The molecule has 0 saturated carbocycles. The minimum Gasteiger partial charge on any atom is -0.360 e. The largest absolute Gasteiger partial charge is 0.360 e. The number of rotatable bonds is 3. The highest BCUT2D eigenvalue weighted by molar-refractivity contribution is 7.89. The van der Waals surface area contributed by atoms with Crippen LogP contribution >= 0.6 is 0 Å². The lowest BCUT2D eigenvalue weighted by Crippen LogP contribution is -2.30. The Morgan fingerprint density at radius 2 is 2.25 bits per heavy atom. The molecule has 1 atom stereocenters. The van der Waals surface area contributed by atoms with E-state index in [1.807, 2.05) is 18.3 Å². The molecule has 0 spiro atoms. The van der Waals surface area contributed by atoms with Crippen molar-refractivity contribution in [3.8, 4) is 6.07 Å². The van der Waals surface area contributed by atoms with Crippen LogP contribution in [-0.4, -0.2) is 46.5 Å². The van der Waals surface area contributed by atoms with Crippen molar-refractivity contribution in [3.05, 3.63) is 36.3 Å². The zero-order valence-electron chi connectivity index (χ0n) is 12.8.